The number of anilines is 1. The molecule has 7 nitrogen and oxygen atoms in total. The van der Waals surface area contributed by atoms with Crippen LogP contribution in [0.4, 0.5) is 28.0 Å². The molecule has 172 valence electrons. The number of urea groups is 1. The van der Waals surface area contributed by atoms with Gasteiger partial charge in [-0.25, -0.2) is 9.18 Å². The predicted octanol–water partition coefficient (Wildman–Crippen LogP) is 4.51. The van der Waals surface area contributed by atoms with Crippen molar-refractivity contribution >= 4 is 29.2 Å². The highest BCUT2D eigenvalue weighted by atomic mass is 35.5. The molecule has 0 saturated heterocycles. The van der Waals surface area contributed by atoms with Gasteiger partial charge in [0.2, 0.25) is 0 Å². The molecule has 0 spiro atoms. The summed E-state index contributed by atoms with van der Waals surface area (Å²) in [5, 5.41) is 6.67. The minimum absolute atomic E-state index is 0.0372. The van der Waals surface area contributed by atoms with Gasteiger partial charge < -0.3 is 16.0 Å². The molecule has 2 aromatic carbocycles. The number of hydrogen-bond donors (Lipinski definition) is 2. The highest BCUT2D eigenvalue weighted by Crippen LogP contribution is 2.34. The first-order valence-electron chi connectivity index (χ1n) is 9.62. The maximum absolute atomic E-state index is 13.7. The molecule has 3 aromatic rings. The Balaban J connectivity index is 1.62. The summed E-state index contributed by atoms with van der Waals surface area (Å²) in [5.74, 6) is -1.33. The van der Waals surface area contributed by atoms with Crippen LogP contribution < -0.4 is 11.1 Å². The number of alkyl halides is 3. The van der Waals surface area contributed by atoms with Crippen LogP contribution in [0.1, 0.15) is 21.6 Å². The number of fused-ring (bicyclic) bond motifs is 1. The van der Waals surface area contributed by atoms with Gasteiger partial charge >= 0.3 is 12.2 Å². The van der Waals surface area contributed by atoms with Gasteiger partial charge in [-0.1, -0.05) is 23.7 Å². The predicted molar refractivity (Wildman–Crippen MR) is 112 cm³/mol. The Bertz CT molecular complexity index is 1260. The number of benzene rings is 2. The SMILES string of the molecule is NC(=O)c1c(-c2cccc(F)c2)nn2c1CN(C(=O)Nc1cc(C(F)(F)F)ccc1Cl)CC2. The van der Waals surface area contributed by atoms with Crippen molar-refractivity contribution in [3.05, 3.63) is 70.1 Å². The van der Waals surface area contributed by atoms with E-state index in [1.807, 2.05) is 0 Å². The molecule has 12 heteroatoms. The van der Waals surface area contributed by atoms with E-state index in [2.05, 4.69) is 10.4 Å². The first kappa shape index (κ1) is 22.6. The summed E-state index contributed by atoms with van der Waals surface area (Å²) in [6, 6.07) is 7.37. The van der Waals surface area contributed by atoms with E-state index in [0.29, 0.717) is 11.3 Å². The van der Waals surface area contributed by atoms with Gasteiger partial charge in [-0.2, -0.15) is 18.3 Å². The fourth-order valence-corrected chi connectivity index (χ4v) is 3.74. The first-order chi connectivity index (χ1) is 15.5. The van der Waals surface area contributed by atoms with Crippen LogP contribution in [0.3, 0.4) is 0 Å². The number of halogens is 5. The van der Waals surface area contributed by atoms with Crippen LogP contribution in [0.2, 0.25) is 5.02 Å². The van der Waals surface area contributed by atoms with E-state index in [-0.39, 0.29) is 41.6 Å². The molecule has 0 unspecified atom stereocenters. The lowest BCUT2D eigenvalue weighted by Gasteiger charge is -2.28. The van der Waals surface area contributed by atoms with Crippen LogP contribution in [0.5, 0.6) is 0 Å². The standard InChI is InChI=1S/C21H16ClF4N5O2/c22-14-5-4-12(21(24,25)26)9-15(14)28-20(33)30-6-7-31-16(10-30)17(19(27)32)18(29-31)11-2-1-3-13(23)8-11/h1-5,8-9H,6-7,10H2,(H2,27,32)(H,28,33). The van der Waals surface area contributed by atoms with Crippen molar-refractivity contribution in [2.45, 2.75) is 19.3 Å². The van der Waals surface area contributed by atoms with Gasteiger partial charge in [-0.15, -0.1) is 0 Å². The normalized spacial score (nSPS) is 13.5. The van der Waals surface area contributed by atoms with Crippen molar-refractivity contribution in [3.8, 4) is 11.3 Å². The van der Waals surface area contributed by atoms with E-state index >= 15 is 0 Å². The Kier molecular flexibility index (Phi) is 5.75. The molecule has 4 rings (SSSR count). The Morgan fingerprint density at radius 1 is 1.12 bits per heavy atom. The summed E-state index contributed by atoms with van der Waals surface area (Å²) in [4.78, 5) is 26.2. The molecule has 0 aliphatic carbocycles. The zero-order valence-corrected chi connectivity index (χ0v) is 17.5. The lowest BCUT2D eigenvalue weighted by molar-refractivity contribution is -0.137. The number of rotatable bonds is 3. The number of hydrogen-bond acceptors (Lipinski definition) is 3. The smallest absolute Gasteiger partial charge is 0.365 e. The molecule has 0 atom stereocenters. The summed E-state index contributed by atoms with van der Waals surface area (Å²) in [6.07, 6.45) is -4.61. The van der Waals surface area contributed by atoms with Crippen molar-refractivity contribution in [2.24, 2.45) is 5.73 Å². The van der Waals surface area contributed by atoms with Crippen molar-refractivity contribution < 1.29 is 27.2 Å². The van der Waals surface area contributed by atoms with Crippen molar-refractivity contribution in [1.82, 2.24) is 14.7 Å². The van der Waals surface area contributed by atoms with Crippen LogP contribution >= 0.6 is 11.6 Å². The molecule has 1 aliphatic heterocycles. The van der Waals surface area contributed by atoms with Crippen molar-refractivity contribution in [1.29, 1.82) is 0 Å². The second-order valence-electron chi connectivity index (χ2n) is 7.31. The molecule has 1 aliphatic rings. The van der Waals surface area contributed by atoms with Gasteiger partial charge in [0, 0.05) is 12.1 Å². The fourth-order valence-electron chi connectivity index (χ4n) is 3.58. The van der Waals surface area contributed by atoms with Gasteiger partial charge in [0.1, 0.15) is 11.5 Å². The molecule has 3 N–H and O–H groups in total. The quantitative estimate of drug-likeness (QED) is 0.539. The number of nitrogens with zero attached hydrogens (tertiary/aromatic N) is 3. The fraction of sp³-hybridized carbons (Fsp3) is 0.190. The minimum Gasteiger partial charge on any atom is -0.365 e. The molecular formula is C21H16ClF4N5O2. The Hall–Kier alpha value is -3.60. The van der Waals surface area contributed by atoms with Gasteiger partial charge in [0.15, 0.2) is 0 Å². The van der Waals surface area contributed by atoms with Gasteiger partial charge in [0.05, 0.1) is 40.6 Å². The number of amides is 3. The maximum atomic E-state index is 13.7. The van der Waals surface area contributed by atoms with Crippen molar-refractivity contribution in [2.75, 3.05) is 11.9 Å². The molecule has 3 amide bonds. The van der Waals surface area contributed by atoms with Crippen LogP contribution in [0.25, 0.3) is 11.3 Å². The van der Waals surface area contributed by atoms with Crippen LogP contribution in [-0.2, 0) is 19.3 Å². The average molecular weight is 482 g/mol. The molecule has 33 heavy (non-hydrogen) atoms. The van der Waals surface area contributed by atoms with E-state index in [1.165, 1.54) is 27.8 Å². The van der Waals surface area contributed by atoms with Crippen LogP contribution in [-0.4, -0.2) is 33.2 Å². The number of carbonyl (C=O) groups is 2. The summed E-state index contributed by atoms with van der Waals surface area (Å²) >= 11 is 5.95. The van der Waals surface area contributed by atoms with Crippen LogP contribution in [0, 0.1) is 5.82 Å². The minimum atomic E-state index is -4.61. The molecule has 0 radical (unpaired) electrons. The topological polar surface area (TPSA) is 93.2 Å². The lowest BCUT2D eigenvalue weighted by Crippen LogP contribution is -2.41. The van der Waals surface area contributed by atoms with E-state index in [1.54, 1.807) is 6.07 Å². The van der Waals surface area contributed by atoms with Gasteiger partial charge in [-0.05, 0) is 30.3 Å². The number of aromatic nitrogens is 2. The Morgan fingerprint density at radius 3 is 2.55 bits per heavy atom. The van der Waals surface area contributed by atoms with E-state index in [9.17, 15) is 27.2 Å². The largest absolute Gasteiger partial charge is 0.416 e. The highest BCUT2D eigenvalue weighted by Gasteiger charge is 2.32. The molecule has 0 fully saturated rings. The summed E-state index contributed by atoms with van der Waals surface area (Å²) in [5.41, 5.74) is 5.28. The Morgan fingerprint density at radius 2 is 1.88 bits per heavy atom. The summed E-state index contributed by atoms with van der Waals surface area (Å²) in [7, 11) is 0. The van der Waals surface area contributed by atoms with E-state index in [0.717, 1.165) is 18.2 Å². The summed E-state index contributed by atoms with van der Waals surface area (Å²) < 4.78 is 54.2. The number of nitrogens with one attached hydrogen (secondary N) is 1. The second-order valence-corrected chi connectivity index (χ2v) is 7.72. The highest BCUT2D eigenvalue weighted by molar-refractivity contribution is 6.33. The van der Waals surface area contributed by atoms with Crippen LogP contribution in [0.15, 0.2) is 42.5 Å². The van der Waals surface area contributed by atoms with Crippen molar-refractivity contribution in [3.63, 3.8) is 0 Å². The number of carbonyl (C=O) groups excluding carboxylic acids is 2. The van der Waals surface area contributed by atoms with E-state index < -0.39 is 29.5 Å². The monoisotopic (exact) mass is 481 g/mol. The third-order valence-corrected chi connectivity index (χ3v) is 5.48. The number of nitrogens with two attached hydrogens (primary N) is 1. The summed E-state index contributed by atoms with van der Waals surface area (Å²) in [6.45, 7) is 0.246. The molecule has 1 aromatic heterocycles. The zero-order valence-electron chi connectivity index (χ0n) is 16.8. The van der Waals surface area contributed by atoms with Gasteiger partial charge in [0.25, 0.3) is 5.91 Å². The third-order valence-electron chi connectivity index (χ3n) is 5.15. The number of primary amides is 1. The Labute approximate surface area is 189 Å². The molecule has 0 saturated carbocycles. The average Bonchev–Trinajstić information content (AvgIpc) is 3.13. The second kappa shape index (κ2) is 8.39. The molecule has 0 bridgehead atoms. The maximum Gasteiger partial charge on any atom is 0.416 e. The van der Waals surface area contributed by atoms with E-state index in [4.69, 9.17) is 17.3 Å². The van der Waals surface area contributed by atoms with Gasteiger partial charge in [-0.3, -0.25) is 9.48 Å². The lowest BCUT2D eigenvalue weighted by atomic mass is 10.0. The first-order valence-corrected chi connectivity index (χ1v) is 10.0. The zero-order chi connectivity index (χ0) is 23.9. The molecular weight excluding hydrogens is 466 g/mol. The molecule has 2 heterocycles. The third kappa shape index (κ3) is 4.49.